The lowest BCUT2D eigenvalue weighted by atomic mass is 9.56. The Morgan fingerprint density at radius 2 is 1.68 bits per heavy atom. The van der Waals surface area contributed by atoms with Gasteiger partial charge in [-0.15, -0.1) is 0 Å². The number of fused-ring (bicyclic) bond motifs is 5. The molecule has 2 bridgehead atoms. The van der Waals surface area contributed by atoms with Crippen LogP contribution in [0, 0.1) is 12.3 Å². The van der Waals surface area contributed by atoms with Crippen molar-refractivity contribution in [1.82, 2.24) is 9.80 Å². The van der Waals surface area contributed by atoms with Crippen LogP contribution in [-0.2, 0) is 11.2 Å². The van der Waals surface area contributed by atoms with Crippen LogP contribution in [0.3, 0.4) is 0 Å². The number of allylic oxidation sites excluding steroid dienone is 3. The Morgan fingerprint density at radius 1 is 1.03 bits per heavy atom. The zero-order chi connectivity index (χ0) is 26.3. The Balaban J connectivity index is 1.28. The Bertz CT molecular complexity index is 1250. The van der Waals surface area contributed by atoms with Crippen LogP contribution in [0.4, 0.5) is 0 Å². The first-order chi connectivity index (χ1) is 17.5. The minimum absolute atomic E-state index is 0.0138. The van der Waals surface area contributed by atoms with Crippen molar-refractivity contribution in [1.29, 1.82) is 0 Å². The monoisotopic (exact) mass is 524 g/mol. The minimum atomic E-state index is -0.364. The molecule has 1 atom stereocenters. The number of nitrogens with zero attached hydrogens (tertiary/aromatic N) is 2. The third-order valence-electron chi connectivity index (χ3n) is 10.0. The van der Waals surface area contributed by atoms with Gasteiger partial charge in [-0.05, 0) is 90.9 Å². The predicted molar refractivity (Wildman–Crippen MR) is 143 cm³/mol. The van der Waals surface area contributed by atoms with Crippen molar-refractivity contribution in [2.45, 2.75) is 84.0 Å². The van der Waals surface area contributed by atoms with Crippen LogP contribution in [0.5, 0.6) is 11.5 Å². The Hall–Kier alpha value is -2.31. The number of hydrogen-bond donors (Lipinski definition) is 0. The third kappa shape index (κ3) is 3.69. The quantitative estimate of drug-likeness (QED) is 0.510. The minimum Gasteiger partial charge on any atom is -0.450 e. The van der Waals surface area contributed by atoms with Gasteiger partial charge in [-0.1, -0.05) is 23.3 Å². The number of carbonyl (C=O) groups is 2. The maximum atomic E-state index is 13.8. The molecule has 4 aliphatic carbocycles. The average molecular weight is 525 g/mol. The highest BCUT2D eigenvalue weighted by Crippen LogP contribution is 2.59. The number of ether oxygens (including phenoxy) is 2. The Kier molecular flexibility index (Phi) is 5.81. The molecule has 1 aromatic rings. The van der Waals surface area contributed by atoms with Crippen LogP contribution < -0.4 is 9.47 Å². The largest absolute Gasteiger partial charge is 0.450 e. The summed E-state index contributed by atoms with van der Waals surface area (Å²) in [5.74, 6) is 1.25. The highest BCUT2D eigenvalue weighted by molar-refractivity contribution is 6.34. The summed E-state index contributed by atoms with van der Waals surface area (Å²) in [4.78, 5) is 30.7. The van der Waals surface area contributed by atoms with Crippen LogP contribution >= 0.6 is 11.6 Å². The molecule has 0 N–H and O–H groups in total. The fourth-order valence-electron chi connectivity index (χ4n) is 7.48. The van der Waals surface area contributed by atoms with E-state index in [0.29, 0.717) is 53.6 Å². The summed E-state index contributed by atoms with van der Waals surface area (Å²) in [5.41, 5.74) is 5.29. The molecule has 198 valence electrons. The van der Waals surface area contributed by atoms with E-state index in [1.54, 1.807) is 4.90 Å². The molecule has 1 amide bonds. The maximum absolute atomic E-state index is 13.8. The molecule has 1 aromatic carbocycles. The van der Waals surface area contributed by atoms with Crippen LogP contribution in [0.25, 0.3) is 0 Å². The van der Waals surface area contributed by atoms with Crippen molar-refractivity contribution >= 4 is 23.3 Å². The summed E-state index contributed by atoms with van der Waals surface area (Å²) in [6.07, 6.45) is 9.42. The normalized spacial score (nSPS) is 30.8. The van der Waals surface area contributed by atoms with Crippen molar-refractivity contribution in [2.75, 3.05) is 27.2 Å². The molecule has 0 saturated heterocycles. The first-order valence-corrected chi connectivity index (χ1v) is 14.0. The van der Waals surface area contributed by atoms with Gasteiger partial charge in [-0.3, -0.25) is 9.59 Å². The van der Waals surface area contributed by atoms with E-state index < -0.39 is 0 Å². The zero-order valence-corrected chi connectivity index (χ0v) is 23.4. The summed E-state index contributed by atoms with van der Waals surface area (Å²) in [7, 11) is 4.40. The van der Waals surface area contributed by atoms with Gasteiger partial charge in [0.2, 0.25) is 6.29 Å². The smallest absolute Gasteiger partial charge is 0.254 e. The van der Waals surface area contributed by atoms with E-state index in [2.05, 4.69) is 25.1 Å². The SMILES string of the molecule is CC1=CC(C)=C(CN2CCc3c(Cl)c4c(c(C)c3C2=O)OC(C23CCC(N(C)C)(CC2)CC3)O4)C(=O)C1. The summed E-state index contributed by atoms with van der Waals surface area (Å²) in [6, 6.07) is 0. The van der Waals surface area contributed by atoms with Gasteiger partial charge in [-0.2, -0.15) is 0 Å². The van der Waals surface area contributed by atoms with E-state index in [-0.39, 0.29) is 23.4 Å². The lowest BCUT2D eigenvalue weighted by Crippen LogP contribution is -2.58. The van der Waals surface area contributed by atoms with E-state index in [1.165, 1.54) is 0 Å². The van der Waals surface area contributed by atoms with Gasteiger partial charge in [0.25, 0.3) is 5.91 Å². The molecule has 6 aliphatic rings. The molecule has 2 aliphatic heterocycles. The molecular formula is C30H37ClN2O4. The summed E-state index contributed by atoms with van der Waals surface area (Å²) >= 11 is 6.92. The first kappa shape index (κ1) is 25.0. The van der Waals surface area contributed by atoms with Crippen molar-refractivity contribution < 1.29 is 19.1 Å². The van der Waals surface area contributed by atoms with Crippen LogP contribution in [-0.4, -0.2) is 60.5 Å². The van der Waals surface area contributed by atoms with E-state index in [4.69, 9.17) is 21.1 Å². The molecule has 6 nitrogen and oxygen atoms in total. The lowest BCUT2D eigenvalue weighted by Gasteiger charge is -2.56. The molecular weight excluding hydrogens is 488 g/mol. The second kappa shape index (κ2) is 8.60. The average Bonchev–Trinajstić information content (AvgIpc) is 3.34. The van der Waals surface area contributed by atoms with Crippen LogP contribution in [0.15, 0.2) is 22.8 Å². The number of halogens is 1. The van der Waals surface area contributed by atoms with Crippen molar-refractivity contribution in [3.05, 3.63) is 44.5 Å². The van der Waals surface area contributed by atoms with E-state index in [0.717, 1.165) is 66.4 Å². The number of ketones is 1. The fourth-order valence-corrected chi connectivity index (χ4v) is 7.80. The molecule has 37 heavy (non-hydrogen) atoms. The van der Waals surface area contributed by atoms with Gasteiger partial charge in [0.05, 0.1) is 10.6 Å². The van der Waals surface area contributed by atoms with Crippen molar-refractivity contribution in [3.63, 3.8) is 0 Å². The first-order valence-electron chi connectivity index (χ1n) is 13.6. The van der Waals surface area contributed by atoms with Crippen LogP contribution in [0.2, 0.25) is 5.02 Å². The number of hydrogen-bond acceptors (Lipinski definition) is 5. The maximum Gasteiger partial charge on any atom is 0.254 e. The number of amides is 1. The van der Waals surface area contributed by atoms with E-state index in [9.17, 15) is 9.59 Å². The van der Waals surface area contributed by atoms with E-state index in [1.807, 2.05) is 20.8 Å². The van der Waals surface area contributed by atoms with Gasteiger partial charge in [-0.25, -0.2) is 0 Å². The second-order valence-corrected chi connectivity index (χ2v) is 12.6. The summed E-state index contributed by atoms with van der Waals surface area (Å²) in [5, 5.41) is 0.513. The summed E-state index contributed by atoms with van der Waals surface area (Å²) in [6.45, 7) is 6.73. The van der Waals surface area contributed by atoms with Gasteiger partial charge >= 0.3 is 0 Å². The van der Waals surface area contributed by atoms with E-state index >= 15 is 0 Å². The number of Topliss-reactive ketones (excluding diaryl/α,β-unsaturated/α-hetero) is 1. The molecule has 7 rings (SSSR count). The lowest BCUT2D eigenvalue weighted by molar-refractivity contribution is -0.142. The van der Waals surface area contributed by atoms with Crippen molar-refractivity contribution in [2.24, 2.45) is 5.41 Å². The number of rotatable bonds is 4. The second-order valence-electron chi connectivity index (χ2n) is 12.2. The molecule has 1 unspecified atom stereocenters. The third-order valence-corrected chi connectivity index (χ3v) is 10.4. The van der Waals surface area contributed by atoms with Gasteiger partial charge in [0.15, 0.2) is 17.3 Å². The molecule has 3 fully saturated rings. The Morgan fingerprint density at radius 3 is 2.30 bits per heavy atom. The summed E-state index contributed by atoms with van der Waals surface area (Å²) < 4.78 is 13.1. The van der Waals surface area contributed by atoms with Crippen molar-refractivity contribution in [3.8, 4) is 11.5 Å². The number of benzene rings is 1. The Labute approximate surface area is 224 Å². The highest BCUT2D eigenvalue weighted by atomic mass is 35.5. The molecule has 2 heterocycles. The standard InChI is InChI=1S/C30H37ClN2O4/c1-17-14-18(2)21(22(34)15-17)16-33-13-6-20-23(27(33)35)19(3)25-26(24(20)31)37-28(36-25)29-7-10-30(11-8-29,12-9-29)32(4)5/h14,28H,6-13,15-16H2,1-5H3. The predicted octanol–water partition coefficient (Wildman–Crippen LogP) is 5.63. The topological polar surface area (TPSA) is 59.1 Å². The molecule has 0 radical (unpaired) electrons. The molecule has 0 spiro atoms. The van der Waals surface area contributed by atoms with Gasteiger partial charge in [0, 0.05) is 41.6 Å². The van der Waals surface area contributed by atoms with Gasteiger partial charge < -0.3 is 19.3 Å². The van der Waals surface area contributed by atoms with Crippen LogP contribution in [0.1, 0.15) is 80.3 Å². The van der Waals surface area contributed by atoms with Gasteiger partial charge in [0.1, 0.15) is 0 Å². The fraction of sp³-hybridized carbons (Fsp3) is 0.600. The molecule has 3 saturated carbocycles. The zero-order valence-electron chi connectivity index (χ0n) is 22.6. The number of carbonyl (C=O) groups excluding carboxylic acids is 2. The highest BCUT2D eigenvalue weighted by Gasteiger charge is 2.57. The molecule has 7 heteroatoms. The molecule has 0 aromatic heterocycles.